The average molecular weight is 582 g/mol. The molecule has 0 radical (unpaired) electrons. The van der Waals surface area contributed by atoms with Crippen LogP contribution >= 0.6 is 0 Å². The maximum Gasteiger partial charge on any atom is 0.197 e. The molecule has 214 valence electrons. The number of fused-ring (bicyclic) bond motifs is 10. The summed E-state index contributed by atoms with van der Waals surface area (Å²) in [5.74, 6) is 1.23. The summed E-state index contributed by atoms with van der Waals surface area (Å²) in [5, 5.41) is 0. The zero-order valence-electron chi connectivity index (χ0n) is 24.8. The molecule has 0 atom stereocenters. The number of hydrogen-bond acceptors (Lipinski definition) is 4. The fourth-order valence-corrected chi connectivity index (χ4v) is 7.74. The molecule has 5 aromatic carbocycles. The summed E-state index contributed by atoms with van der Waals surface area (Å²) in [6.45, 7) is 4.13. The maximum absolute atomic E-state index is 13.4. The van der Waals surface area contributed by atoms with E-state index in [9.17, 15) is 9.59 Å². The standard InChI is InChI=1S/C41H27NO3/c1-24-11-3-10-18-35(24)42-36-20-19-26(22-31-38(43)29-14-4-5-15-30(29)39(31)44)23-34(36)41(40-37(42)21-25(2)45-40)32-16-8-6-12-27(32)28-13-7-9-17-33(28)41/h3-23H,1-2H3. The highest BCUT2D eigenvalue weighted by Crippen LogP contribution is 2.64. The van der Waals surface area contributed by atoms with Gasteiger partial charge in [-0.1, -0.05) is 97.1 Å². The molecule has 0 saturated heterocycles. The molecule has 2 aliphatic carbocycles. The minimum Gasteiger partial charge on any atom is -0.462 e. The van der Waals surface area contributed by atoms with E-state index in [0.29, 0.717) is 11.1 Å². The average Bonchev–Trinajstić information content (AvgIpc) is 3.68. The Kier molecular flexibility index (Phi) is 5.22. The summed E-state index contributed by atoms with van der Waals surface area (Å²) in [5.41, 5.74) is 11.1. The number of aryl methyl sites for hydroxylation is 2. The molecule has 3 aliphatic rings. The lowest BCUT2D eigenvalue weighted by atomic mass is 9.67. The molecule has 0 unspecified atom stereocenters. The number of hydrogen-bond donors (Lipinski definition) is 0. The Balaban J connectivity index is 1.37. The van der Waals surface area contributed by atoms with E-state index in [-0.39, 0.29) is 17.1 Å². The van der Waals surface area contributed by atoms with Gasteiger partial charge in [0.25, 0.3) is 0 Å². The first-order valence-corrected chi connectivity index (χ1v) is 15.2. The number of carbonyl (C=O) groups is 2. The third-order valence-corrected chi connectivity index (χ3v) is 9.61. The van der Waals surface area contributed by atoms with Crippen molar-refractivity contribution in [2.24, 2.45) is 0 Å². The number of benzene rings is 5. The van der Waals surface area contributed by atoms with E-state index < -0.39 is 5.41 Å². The van der Waals surface area contributed by atoms with Crippen LogP contribution in [0.25, 0.3) is 17.2 Å². The van der Waals surface area contributed by atoms with Gasteiger partial charge in [0.15, 0.2) is 11.6 Å². The largest absolute Gasteiger partial charge is 0.462 e. The lowest BCUT2D eigenvalue weighted by Crippen LogP contribution is -2.35. The lowest BCUT2D eigenvalue weighted by Gasteiger charge is -2.42. The zero-order valence-corrected chi connectivity index (χ0v) is 24.8. The van der Waals surface area contributed by atoms with Gasteiger partial charge in [-0.05, 0) is 77.1 Å². The van der Waals surface area contributed by atoms with Gasteiger partial charge in [-0.25, -0.2) is 0 Å². The fourth-order valence-electron chi connectivity index (χ4n) is 7.74. The van der Waals surface area contributed by atoms with Crippen LogP contribution in [0, 0.1) is 13.8 Å². The molecular formula is C41H27NO3. The van der Waals surface area contributed by atoms with Gasteiger partial charge in [-0.15, -0.1) is 0 Å². The number of Topliss-reactive ketones (excluding diaryl/α,β-unsaturated/α-hetero) is 2. The van der Waals surface area contributed by atoms with Gasteiger partial charge in [-0.3, -0.25) is 9.59 Å². The molecule has 1 aromatic heterocycles. The summed E-state index contributed by atoms with van der Waals surface area (Å²) in [4.78, 5) is 29.1. The Bertz CT molecular complexity index is 2220. The Hall–Kier alpha value is -5.74. The predicted molar refractivity (Wildman–Crippen MR) is 177 cm³/mol. The van der Waals surface area contributed by atoms with Crippen LogP contribution < -0.4 is 4.90 Å². The third kappa shape index (κ3) is 3.31. The van der Waals surface area contributed by atoms with Crippen molar-refractivity contribution in [2.75, 3.05) is 4.90 Å². The van der Waals surface area contributed by atoms with Crippen molar-refractivity contribution in [1.82, 2.24) is 0 Å². The Morgan fingerprint density at radius 2 is 1.16 bits per heavy atom. The number of allylic oxidation sites excluding steroid dienone is 1. The van der Waals surface area contributed by atoms with Gasteiger partial charge in [0.05, 0.1) is 16.9 Å². The summed E-state index contributed by atoms with van der Waals surface area (Å²) < 4.78 is 6.79. The number of carbonyl (C=O) groups excluding carboxylic acids is 2. The van der Waals surface area contributed by atoms with Crippen LogP contribution in [0.2, 0.25) is 0 Å². The summed E-state index contributed by atoms with van der Waals surface area (Å²) in [6, 6.07) is 41.0. The number of nitrogens with zero attached hydrogens (tertiary/aromatic N) is 1. The van der Waals surface area contributed by atoms with Crippen molar-refractivity contribution >= 4 is 34.7 Å². The van der Waals surface area contributed by atoms with Crippen LogP contribution in [0.3, 0.4) is 0 Å². The molecule has 1 spiro atoms. The molecule has 6 aromatic rings. The van der Waals surface area contributed by atoms with E-state index in [4.69, 9.17) is 4.42 Å². The maximum atomic E-state index is 13.4. The smallest absolute Gasteiger partial charge is 0.197 e. The monoisotopic (exact) mass is 581 g/mol. The zero-order chi connectivity index (χ0) is 30.4. The molecule has 4 nitrogen and oxygen atoms in total. The lowest BCUT2D eigenvalue weighted by molar-refractivity contribution is 0.0990. The quantitative estimate of drug-likeness (QED) is 0.151. The summed E-state index contributed by atoms with van der Waals surface area (Å²) in [7, 11) is 0. The Labute approximate surface area is 260 Å². The first-order chi connectivity index (χ1) is 22.0. The number of rotatable bonds is 2. The molecule has 0 amide bonds. The Morgan fingerprint density at radius 1 is 0.578 bits per heavy atom. The van der Waals surface area contributed by atoms with Crippen LogP contribution in [0.15, 0.2) is 131 Å². The van der Waals surface area contributed by atoms with Gasteiger partial charge in [-0.2, -0.15) is 0 Å². The first kappa shape index (κ1) is 25.7. The van der Waals surface area contributed by atoms with Crippen LogP contribution in [0.1, 0.15) is 60.1 Å². The van der Waals surface area contributed by atoms with E-state index in [1.165, 1.54) is 11.1 Å². The van der Waals surface area contributed by atoms with E-state index in [0.717, 1.165) is 56.4 Å². The molecule has 0 saturated carbocycles. The Morgan fingerprint density at radius 3 is 1.80 bits per heavy atom. The van der Waals surface area contributed by atoms with Gasteiger partial charge < -0.3 is 9.32 Å². The molecule has 0 fully saturated rings. The molecule has 0 bridgehead atoms. The van der Waals surface area contributed by atoms with Crippen molar-refractivity contribution < 1.29 is 14.0 Å². The van der Waals surface area contributed by atoms with Gasteiger partial charge in [0.2, 0.25) is 0 Å². The highest BCUT2D eigenvalue weighted by Gasteiger charge is 2.54. The van der Waals surface area contributed by atoms with Crippen molar-refractivity contribution in [3.8, 4) is 11.1 Å². The van der Waals surface area contributed by atoms with E-state index in [1.54, 1.807) is 30.3 Å². The topological polar surface area (TPSA) is 50.5 Å². The number of furan rings is 1. The van der Waals surface area contributed by atoms with Gasteiger partial charge in [0.1, 0.15) is 16.9 Å². The van der Waals surface area contributed by atoms with E-state index in [2.05, 4.69) is 103 Å². The molecular weight excluding hydrogens is 554 g/mol. The molecule has 45 heavy (non-hydrogen) atoms. The SMILES string of the molecule is Cc1cc2c(o1)C1(c3ccccc3-c3ccccc31)c1cc(C=C3C(=O)c4ccccc4C3=O)ccc1N2c1ccccc1C. The second-order valence-electron chi connectivity index (χ2n) is 12.1. The molecule has 4 heteroatoms. The van der Waals surface area contributed by atoms with Gasteiger partial charge >= 0.3 is 0 Å². The van der Waals surface area contributed by atoms with Crippen LogP contribution in [0.4, 0.5) is 17.1 Å². The number of ketones is 2. The highest BCUT2D eigenvalue weighted by atomic mass is 16.3. The summed E-state index contributed by atoms with van der Waals surface area (Å²) in [6.07, 6.45) is 1.76. The minimum absolute atomic E-state index is 0.193. The predicted octanol–water partition coefficient (Wildman–Crippen LogP) is 9.51. The van der Waals surface area contributed by atoms with E-state index >= 15 is 0 Å². The number of anilines is 3. The third-order valence-electron chi connectivity index (χ3n) is 9.61. The second kappa shape index (κ2) is 9.13. The van der Waals surface area contributed by atoms with Crippen molar-refractivity contribution in [3.63, 3.8) is 0 Å². The van der Waals surface area contributed by atoms with Crippen LogP contribution in [0.5, 0.6) is 0 Å². The molecule has 2 heterocycles. The normalized spacial score (nSPS) is 15.1. The fraction of sp³-hybridized carbons (Fsp3) is 0.0732. The highest BCUT2D eigenvalue weighted by molar-refractivity contribution is 6.41. The number of para-hydroxylation sites is 1. The minimum atomic E-state index is -0.744. The summed E-state index contributed by atoms with van der Waals surface area (Å²) >= 11 is 0. The first-order valence-electron chi connectivity index (χ1n) is 15.2. The molecule has 9 rings (SSSR count). The van der Waals surface area contributed by atoms with E-state index in [1.807, 2.05) is 13.0 Å². The van der Waals surface area contributed by atoms with Crippen molar-refractivity contribution in [1.29, 1.82) is 0 Å². The molecule has 1 aliphatic heterocycles. The molecule has 0 N–H and O–H groups in total. The van der Waals surface area contributed by atoms with Gasteiger partial charge in [0, 0.05) is 22.9 Å². The second-order valence-corrected chi connectivity index (χ2v) is 12.1. The van der Waals surface area contributed by atoms with Crippen LogP contribution in [-0.4, -0.2) is 11.6 Å². The van der Waals surface area contributed by atoms with Crippen molar-refractivity contribution in [2.45, 2.75) is 19.3 Å². The van der Waals surface area contributed by atoms with Crippen molar-refractivity contribution in [3.05, 3.63) is 177 Å². The van der Waals surface area contributed by atoms with Crippen LogP contribution in [-0.2, 0) is 5.41 Å².